The zero-order valence-corrected chi connectivity index (χ0v) is 15.6. The maximum Gasteiger partial charge on any atom is 0.288 e. The normalized spacial score (nSPS) is 11.9. The van der Waals surface area contributed by atoms with Gasteiger partial charge in [0, 0.05) is 11.6 Å². The van der Waals surface area contributed by atoms with Crippen molar-refractivity contribution in [2.45, 2.75) is 26.3 Å². The van der Waals surface area contributed by atoms with Gasteiger partial charge in [0.25, 0.3) is 11.6 Å². The van der Waals surface area contributed by atoms with E-state index in [1.807, 2.05) is 24.3 Å². The topological polar surface area (TPSA) is 81.5 Å². The number of nitrogens with one attached hydrogen (secondary N) is 1. The van der Waals surface area contributed by atoms with Crippen LogP contribution in [0.15, 0.2) is 42.5 Å². The number of ether oxygens (including phenoxy) is 1. The molecule has 2 aromatic rings. The molecule has 6 nitrogen and oxygen atoms in total. The molecule has 0 saturated carbocycles. The van der Waals surface area contributed by atoms with E-state index in [1.165, 1.54) is 18.2 Å². The Hall–Kier alpha value is -2.60. The molecular formula is C19H21ClN2O4. The van der Waals surface area contributed by atoms with Crippen molar-refractivity contribution in [3.8, 4) is 5.75 Å². The molecule has 0 heterocycles. The van der Waals surface area contributed by atoms with Crippen molar-refractivity contribution < 1.29 is 14.5 Å². The lowest BCUT2D eigenvalue weighted by molar-refractivity contribution is -0.384. The summed E-state index contributed by atoms with van der Waals surface area (Å²) < 4.78 is 5.16. The van der Waals surface area contributed by atoms with Crippen molar-refractivity contribution in [2.24, 2.45) is 5.92 Å². The van der Waals surface area contributed by atoms with Crippen molar-refractivity contribution in [3.63, 3.8) is 0 Å². The Morgan fingerprint density at radius 1 is 1.23 bits per heavy atom. The largest absolute Gasteiger partial charge is 0.497 e. The van der Waals surface area contributed by atoms with E-state index in [1.54, 1.807) is 7.11 Å². The van der Waals surface area contributed by atoms with E-state index in [0.29, 0.717) is 5.92 Å². The zero-order valence-electron chi connectivity index (χ0n) is 14.9. The van der Waals surface area contributed by atoms with Crippen molar-refractivity contribution in [1.29, 1.82) is 0 Å². The van der Waals surface area contributed by atoms with E-state index < -0.39 is 4.92 Å². The van der Waals surface area contributed by atoms with Gasteiger partial charge in [-0.15, -0.1) is 0 Å². The SMILES string of the molecule is COc1ccc([C@H](CC(C)C)NC(=O)c2ccc(Cl)c([N+](=O)[O-])c2)cc1. The number of rotatable bonds is 7. The van der Waals surface area contributed by atoms with Crippen molar-refractivity contribution in [3.05, 3.63) is 68.7 Å². The van der Waals surface area contributed by atoms with Gasteiger partial charge in [-0.05, 0) is 42.2 Å². The minimum atomic E-state index is -0.603. The van der Waals surface area contributed by atoms with Crippen molar-refractivity contribution in [1.82, 2.24) is 5.32 Å². The third-order valence-electron chi connectivity index (χ3n) is 3.94. The fourth-order valence-electron chi connectivity index (χ4n) is 2.62. The predicted molar refractivity (Wildman–Crippen MR) is 101 cm³/mol. The molecule has 0 radical (unpaired) electrons. The van der Waals surface area contributed by atoms with Crippen molar-refractivity contribution >= 4 is 23.2 Å². The first kappa shape index (κ1) is 19.7. The van der Waals surface area contributed by atoms with E-state index >= 15 is 0 Å². The van der Waals surface area contributed by atoms with Crippen LogP contribution in [-0.2, 0) is 0 Å². The maximum absolute atomic E-state index is 12.6. The molecule has 0 fully saturated rings. The van der Waals surface area contributed by atoms with E-state index in [0.717, 1.165) is 17.7 Å². The lowest BCUT2D eigenvalue weighted by atomic mass is 9.96. The van der Waals surface area contributed by atoms with Crippen LogP contribution >= 0.6 is 11.6 Å². The minimum Gasteiger partial charge on any atom is -0.497 e. The van der Waals surface area contributed by atoms with Gasteiger partial charge in [0.2, 0.25) is 0 Å². The molecular weight excluding hydrogens is 356 g/mol. The van der Waals surface area contributed by atoms with Gasteiger partial charge in [0.05, 0.1) is 18.1 Å². The second-order valence-electron chi connectivity index (χ2n) is 6.35. The fourth-order valence-corrected chi connectivity index (χ4v) is 2.81. The molecule has 2 aromatic carbocycles. The van der Waals surface area contributed by atoms with Gasteiger partial charge in [0.15, 0.2) is 0 Å². The summed E-state index contributed by atoms with van der Waals surface area (Å²) in [5, 5.41) is 14.0. The minimum absolute atomic E-state index is 0.000403. The summed E-state index contributed by atoms with van der Waals surface area (Å²) in [4.78, 5) is 23.0. The molecule has 138 valence electrons. The first-order valence-corrected chi connectivity index (χ1v) is 8.58. The molecule has 1 atom stereocenters. The van der Waals surface area contributed by atoms with Crippen LogP contribution in [0.25, 0.3) is 0 Å². The Balaban J connectivity index is 2.25. The summed E-state index contributed by atoms with van der Waals surface area (Å²) in [6, 6.07) is 11.3. The van der Waals surface area contributed by atoms with Crippen molar-refractivity contribution in [2.75, 3.05) is 7.11 Å². The number of hydrogen-bond donors (Lipinski definition) is 1. The van der Waals surface area contributed by atoms with Gasteiger partial charge in [-0.1, -0.05) is 37.6 Å². The lowest BCUT2D eigenvalue weighted by Gasteiger charge is -2.21. The van der Waals surface area contributed by atoms with Crippen LogP contribution in [0.4, 0.5) is 5.69 Å². The van der Waals surface area contributed by atoms with Gasteiger partial charge >= 0.3 is 0 Å². The number of halogens is 1. The number of nitro groups is 1. The number of benzene rings is 2. The van der Waals surface area contributed by atoms with Gasteiger partial charge in [-0.25, -0.2) is 0 Å². The summed E-state index contributed by atoms with van der Waals surface area (Å²) in [7, 11) is 1.59. The van der Waals surface area contributed by atoms with E-state index in [9.17, 15) is 14.9 Å². The van der Waals surface area contributed by atoms with Gasteiger partial charge in [0.1, 0.15) is 10.8 Å². The molecule has 2 rings (SSSR count). The molecule has 26 heavy (non-hydrogen) atoms. The van der Waals surface area contributed by atoms with Crippen LogP contribution in [0.1, 0.15) is 42.2 Å². The van der Waals surface area contributed by atoms with Gasteiger partial charge < -0.3 is 10.1 Å². The molecule has 0 aliphatic rings. The molecule has 0 aromatic heterocycles. The molecule has 0 unspecified atom stereocenters. The van der Waals surface area contributed by atoms with Crippen LogP contribution in [-0.4, -0.2) is 17.9 Å². The number of amides is 1. The first-order chi connectivity index (χ1) is 12.3. The summed E-state index contributed by atoms with van der Waals surface area (Å²) in [5.41, 5.74) is 0.851. The van der Waals surface area contributed by atoms with E-state index in [2.05, 4.69) is 19.2 Å². The quantitative estimate of drug-likeness (QED) is 0.557. The van der Waals surface area contributed by atoms with Crippen LogP contribution in [0.2, 0.25) is 5.02 Å². The Morgan fingerprint density at radius 2 is 1.88 bits per heavy atom. The Kier molecular flexibility index (Phi) is 6.58. The highest BCUT2D eigenvalue weighted by Gasteiger charge is 2.20. The lowest BCUT2D eigenvalue weighted by Crippen LogP contribution is -2.29. The van der Waals surface area contributed by atoms with Crippen LogP contribution < -0.4 is 10.1 Å². The molecule has 0 bridgehead atoms. The average molecular weight is 377 g/mol. The highest BCUT2D eigenvalue weighted by molar-refractivity contribution is 6.32. The van der Waals surface area contributed by atoms with Gasteiger partial charge in [-0.2, -0.15) is 0 Å². The second-order valence-corrected chi connectivity index (χ2v) is 6.76. The summed E-state index contributed by atoms with van der Waals surface area (Å²) in [5.74, 6) is 0.699. The Labute approximate surface area is 157 Å². The monoisotopic (exact) mass is 376 g/mol. The maximum atomic E-state index is 12.6. The highest BCUT2D eigenvalue weighted by Crippen LogP contribution is 2.27. The second kappa shape index (κ2) is 8.67. The van der Waals surface area contributed by atoms with Gasteiger partial charge in [-0.3, -0.25) is 14.9 Å². The van der Waals surface area contributed by atoms with Crippen LogP contribution in [0.5, 0.6) is 5.75 Å². The molecule has 0 aliphatic carbocycles. The molecule has 0 saturated heterocycles. The number of carbonyl (C=O) groups excluding carboxylic acids is 1. The average Bonchev–Trinajstić information content (AvgIpc) is 2.61. The third-order valence-corrected chi connectivity index (χ3v) is 4.26. The number of methoxy groups -OCH3 is 1. The Bertz CT molecular complexity index is 791. The molecule has 7 heteroatoms. The third kappa shape index (κ3) is 4.95. The first-order valence-electron chi connectivity index (χ1n) is 8.20. The standard InChI is InChI=1S/C19H21ClN2O4/c1-12(2)10-17(13-4-7-15(26-3)8-5-13)21-19(23)14-6-9-16(20)18(11-14)22(24)25/h4-9,11-12,17H,10H2,1-3H3,(H,21,23)/t17-/m0/s1. The van der Waals surface area contributed by atoms with E-state index in [-0.39, 0.29) is 28.2 Å². The number of hydrogen-bond acceptors (Lipinski definition) is 4. The molecule has 0 aliphatic heterocycles. The summed E-state index contributed by atoms with van der Waals surface area (Å²) in [6.45, 7) is 4.13. The van der Waals surface area contributed by atoms with Crippen LogP contribution in [0, 0.1) is 16.0 Å². The number of carbonyl (C=O) groups is 1. The fraction of sp³-hybridized carbons (Fsp3) is 0.316. The van der Waals surface area contributed by atoms with E-state index in [4.69, 9.17) is 16.3 Å². The zero-order chi connectivity index (χ0) is 19.3. The summed E-state index contributed by atoms with van der Waals surface area (Å²) >= 11 is 5.81. The highest BCUT2D eigenvalue weighted by atomic mass is 35.5. The number of nitrogens with zero attached hydrogens (tertiary/aromatic N) is 1. The molecule has 1 amide bonds. The number of nitro benzene ring substituents is 1. The van der Waals surface area contributed by atoms with Crippen LogP contribution in [0.3, 0.4) is 0 Å². The predicted octanol–water partition coefficient (Wildman–Crippen LogP) is 4.77. The molecule has 1 N–H and O–H groups in total. The Morgan fingerprint density at radius 3 is 2.42 bits per heavy atom. The smallest absolute Gasteiger partial charge is 0.288 e. The summed E-state index contributed by atoms with van der Waals surface area (Å²) in [6.07, 6.45) is 0.730. The molecule has 0 spiro atoms.